The van der Waals surface area contributed by atoms with Gasteiger partial charge < -0.3 is 20.3 Å². The highest BCUT2D eigenvalue weighted by atomic mass is 16.5. The van der Waals surface area contributed by atoms with E-state index in [-0.39, 0.29) is 0 Å². The average molecular weight is 462 g/mol. The molecule has 4 rings (SSSR count). The standard InChI is InChI=1S/C28H39N5O/c1-4-5-8-19-34-24-17-11-21(12-18-24)20-29-22-13-15-23(16-14-22)30-28-31-26-10-7-6-9-25(26)27(32-28)33(2)3/h6-7,9-12,17-18,22-23,29H,4-5,8,13-16,19-20H2,1-3H3,(H,30,31,32)/t22-,23+. The number of aromatic nitrogens is 2. The van der Waals surface area contributed by atoms with Gasteiger partial charge in [-0.05, 0) is 61.9 Å². The number of rotatable bonds is 11. The minimum Gasteiger partial charge on any atom is -0.494 e. The zero-order valence-corrected chi connectivity index (χ0v) is 20.9. The van der Waals surface area contributed by atoms with Crippen LogP contribution in [0.2, 0.25) is 0 Å². The van der Waals surface area contributed by atoms with Crippen LogP contribution in [-0.4, -0.2) is 42.8 Å². The van der Waals surface area contributed by atoms with Crippen molar-refractivity contribution in [3.05, 3.63) is 54.1 Å². The van der Waals surface area contributed by atoms with Crippen LogP contribution in [0.5, 0.6) is 5.75 Å². The van der Waals surface area contributed by atoms with Gasteiger partial charge in [-0.1, -0.05) is 44.0 Å². The normalized spacial score (nSPS) is 18.1. The molecule has 0 spiro atoms. The summed E-state index contributed by atoms with van der Waals surface area (Å²) in [6, 6.07) is 17.7. The van der Waals surface area contributed by atoms with Gasteiger partial charge in [0, 0.05) is 38.1 Å². The second kappa shape index (κ2) is 12.0. The van der Waals surface area contributed by atoms with Crippen molar-refractivity contribution in [2.45, 2.75) is 70.5 Å². The Kier molecular flexibility index (Phi) is 8.58. The summed E-state index contributed by atoms with van der Waals surface area (Å²) in [6.45, 7) is 3.92. The van der Waals surface area contributed by atoms with Crippen molar-refractivity contribution in [3.8, 4) is 5.75 Å². The maximum absolute atomic E-state index is 5.82. The molecule has 0 atom stereocenters. The molecular formula is C28H39N5O. The van der Waals surface area contributed by atoms with E-state index in [2.05, 4.69) is 58.9 Å². The van der Waals surface area contributed by atoms with Gasteiger partial charge in [0.2, 0.25) is 5.95 Å². The minimum atomic E-state index is 0.415. The number of para-hydroxylation sites is 1. The summed E-state index contributed by atoms with van der Waals surface area (Å²) >= 11 is 0. The van der Waals surface area contributed by atoms with Crippen LogP contribution in [0.3, 0.4) is 0 Å². The van der Waals surface area contributed by atoms with E-state index in [1.807, 2.05) is 26.2 Å². The van der Waals surface area contributed by atoms with Crippen molar-refractivity contribution in [1.82, 2.24) is 15.3 Å². The van der Waals surface area contributed by atoms with E-state index in [1.165, 1.54) is 18.4 Å². The maximum atomic E-state index is 5.82. The first-order valence-electron chi connectivity index (χ1n) is 12.8. The Bertz CT molecular complexity index is 1030. The highest BCUT2D eigenvalue weighted by Crippen LogP contribution is 2.26. The van der Waals surface area contributed by atoms with E-state index in [0.717, 1.165) is 73.7 Å². The quantitative estimate of drug-likeness (QED) is 0.353. The highest BCUT2D eigenvalue weighted by molar-refractivity contribution is 5.90. The van der Waals surface area contributed by atoms with Crippen LogP contribution in [0.4, 0.5) is 11.8 Å². The van der Waals surface area contributed by atoms with Crippen LogP contribution in [0.1, 0.15) is 57.4 Å². The molecule has 1 heterocycles. The Balaban J connectivity index is 1.23. The molecule has 0 aliphatic heterocycles. The number of benzene rings is 2. The van der Waals surface area contributed by atoms with E-state index in [0.29, 0.717) is 12.1 Å². The van der Waals surface area contributed by atoms with Gasteiger partial charge in [0.15, 0.2) is 0 Å². The van der Waals surface area contributed by atoms with Crippen LogP contribution < -0.4 is 20.3 Å². The summed E-state index contributed by atoms with van der Waals surface area (Å²) in [6.07, 6.45) is 8.13. The molecule has 34 heavy (non-hydrogen) atoms. The molecule has 3 aromatic rings. The predicted octanol–water partition coefficient (Wildman–Crippen LogP) is 5.78. The topological polar surface area (TPSA) is 62.3 Å². The molecule has 1 aliphatic carbocycles. The monoisotopic (exact) mass is 461 g/mol. The van der Waals surface area contributed by atoms with Crippen molar-refractivity contribution >= 4 is 22.7 Å². The molecule has 6 heteroatoms. The first-order valence-corrected chi connectivity index (χ1v) is 12.8. The maximum Gasteiger partial charge on any atom is 0.225 e. The lowest BCUT2D eigenvalue weighted by Crippen LogP contribution is -2.37. The third-order valence-electron chi connectivity index (χ3n) is 6.60. The van der Waals surface area contributed by atoms with Gasteiger partial charge >= 0.3 is 0 Å². The lowest BCUT2D eigenvalue weighted by Gasteiger charge is -2.30. The smallest absolute Gasteiger partial charge is 0.225 e. The molecule has 1 fully saturated rings. The summed E-state index contributed by atoms with van der Waals surface area (Å²) in [5, 5.41) is 8.43. The highest BCUT2D eigenvalue weighted by Gasteiger charge is 2.22. The van der Waals surface area contributed by atoms with Crippen LogP contribution in [0.25, 0.3) is 10.9 Å². The fraction of sp³-hybridized carbons (Fsp3) is 0.500. The summed E-state index contributed by atoms with van der Waals surface area (Å²) < 4.78 is 5.82. The molecule has 2 aromatic carbocycles. The van der Waals surface area contributed by atoms with E-state index < -0.39 is 0 Å². The Labute approximate surface area is 204 Å². The van der Waals surface area contributed by atoms with E-state index in [1.54, 1.807) is 0 Å². The fourth-order valence-corrected chi connectivity index (χ4v) is 4.60. The van der Waals surface area contributed by atoms with Crippen LogP contribution in [0, 0.1) is 0 Å². The van der Waals surface area contributed by atoms with Gasteiger partial charge in [-0.2, -0.15) is 4.98 Å². The first-order chi connectivity index (χ1) is 16.6. The number of fused-ring (bicyclic) bond motifs is 1. The lowest BCUT2D eigenvalue weighted by molar-refractivity contribution is 0.306. The predicted molar refractivity (Wildman–Crippen MR) is 142 cm³/mol. The zero-order chi connectivity index (χ0) is 23.8. The number of hydrogen-bond acceptors (Lipinski definition) is 6. The van der Waals surface area contributed by atoms with Gasteiger partial charge in [-0.25, -0.2) is 4.98 Å². The van der Waals surface area contributed by atoms with Crippen molar-refractivity contribution in [1.29, 1.82) is 0 Å². The summed E-state index contributed by atoms with van der Waals surface area (Å²) in [5.41, 5.74) is 2.29. The summed E-state index contributed by atoms with van der Waals surface area (Å²) in [4.78, 5) is 11.6. The second-order valence-electron chi connectivity index (χ2n) is 9.56. The summed E-state index contributed by atoms with van der Waals surface area (Å²) in [7, 11) is 4.06. The van der Waals surface area contributed by atoms with Gasteiger partial charge in [0.05, 0.1) is 12.1 Å². The molecular weight excluding hydrogens is 422 g/mol. The van der Waals surface area contributed by atoms with Gasteiger partial charge in [-0.15, -0.1) is 0 Å². The number of anilines is 2. The van der Waals surface area contributed by atoms with Crippen LogP contribution in [0.15, 0.2) is 48.5 Å². The third kappa shape index (κ3) is 6.60. The largest absolute Gasteiger partial charge is 0.494 e. The molecule has 0 amide bonds. The second-order valence-corrected chi connectivity index (χ2v) is 9.56. The molecule has 1 saturated carbocycles. The van der Waals surface area contributed by atoms with Gasteiger partial charge in [0.25, 0.3) is 0 Å². The van der Waals surface area contributed by atoms with E-state index >= 15 is 0 Å². The fourth-order valence-electron chi connectivity index (χ4n) is 4.60. The van der Waals surface area contributed by atoms with Crippen LogP contribution >= 0.6 is 0 Å². The zero-order valence-electron chi connectivity index (χ0n) is 20.9. The van der Waals surface area contributed by atoms with Crippen molar-refractivity contribution in [2.24, 2.45) is 0 Å². The number of ether oxygens (including phenoxy) is 1. The Hall–Kier alpha value is -2.86. The third-order valence-corrected chi connectivity index (χ3v) is 6.60. The number of nitrogens with zero attached hydrogens (tertiary/aromatic N) is 3. The first kappa shape index (κ1) is 24.3. The van der Waals surface area contributed by atoms with E-state index in [4.69, 9.17) is 14.7 Å². The Morgan fingerprint density at radius 2 is 1.65 bits per heavy atom. The van der Waals surface area contributed by atoms with Crippen molar-refractivity contribution in [2.75, 3.05) is 30.9 Å². The molecule has 0 unspecified atom stereocenters. The molecule has 0 bridgehead atoms. The number of hydrogen-bond donors (Lipinski definition) is 2. The molecule has 1 aromatic heterocycles. The SMILES string of the molecule is CCCCCOc1ccc(CN[C@H]2CC[C@@H](Nc3nc(N(C)C)c4ccccc4n3)CC2)cc1. The Morgan fingerprint density at radius 1 is 0.912 bits per heavy atom. The van der Waals surface area contributed by atoms with Crippen LogP contribution in [-0.2, 0) is 6.54 Å². The lowest BCUT2D eigenvalue weighted by atomic mass is 9.91. The minimum absolute atomic E-state index is 0.415. The number of nitrogens with one attached hydrogen (secondary N) is 2. The molecule has 6 nitrogen and oxygen atoms in total. The van der Waals surface area contributed by atoms with Crippen molar-refractivity contribution < 1.29 is 4.74 Å². The van der Waals surface area contributed by atoms with Gasteiger partial charge in [0.1, 0.15) is 11.6 Å². The van der Waals surface area contributed by atoms with E-state index in [9.17, 15) is 0 Å². The molecule has 1 aliphatic rings. The molecule has 0 radical (unpaired) electrons. The molecule has 0 saturated heterocycles. The molecule has 2 N–H and O–H groups in total. The molecule has 182 valence electrons. The number of unbranched alkanes of at least 4 members (excludes halogenated alkanes) is 2. The Morgan fingerprint density at radius 3 is 2.38 bits per heavy atom. The summed E-state index contributed by atoms with van der Waals surface area (Å²) in [5.74, 6) is 2.66. The van der Waals surface area contributed by atoms with Gasteiger partial charge in [-0.3, -0.25) is 0 Å². The average Bonchev–Trinajstić information content (AvgIpc) is 2.86. The van der Waals surface area contributed by atoms with Crippen molar-refractivity contribution in [3.63, 3.8) is 0 Å².